The molecule has 142 valence electrons. The molecule has 3 aromatic rings. The lowest BCUT2D eigenvalue weighted by Crippen LogP contribution is -2.50. The maximum atomic E-state index is 13.6. The van der Waals surface area contributed by atoms with Crippen LogP contribution in [0.1, 0.15) is 18.9 Å². The number of nitrogens with one attached hydrogen (secondary N) is 2. The zero-order chi connectivity index (χ0) is 19.0. The highest BCUT2D eigenvalue weighted by molar-refractivity contribution is 5.90. The van der Waals surface area contributed by atoms with E-state index in [1.54, 1.807) is 18.3 Å². The van der Waals surface area contributed by atoms with Crippen molar-refractivity contribution in [2.24, 2.45) is 0 Å². The second-order valence-electron chi connectivity index (χ2n) is 6.54. The maximum Gasteiger partial charge on any atom is 0.418 e. The van der Waals surface area contributed by atoms with Crippen LogP contribution < -0.4 is 10.2 Å². The van der Waals surface area contributed by atoms with E-state index in [0.29, 0.717) is 36.0 Å². The second-order valence-corrected chi connectivity index (χ2v) is 6.54. The first-order chi connectivity index (χ1) is 13.0. The van der Waals surface area contributed by atoms with Gasteiger partial charge in [0.1, 0.15) is 11.5 Å². The summed E-state index contributed by atoms with van der Waals surface area (Å²) in [5.74, 6) is 0.532. The van der Waals surface area contributed by atoms with Crippen LogP contribution in [0.2, 0.25) is 0 Å². The zero-order valence-corrected chi connectivity index (χ0v) is 14.7. The summed E-state index contributed by atoms with van der Waals surface area (Å²) in [5, 5.41) is 10.6. The van der Waals surface area contributed by atoms with Crippen molar-refractivity contribution >= 4 is 16.9 Å². The van der Waals surface area contributed by atoms with Crippen molar-refractivity contribution < 1.29 is 13.2 Å². The molecule has 3 aromatic heterocycles. The highest BCUT2D eigenvalue weighted by Gasteiger charge is 2.36. The largest absolute Gasteiger partial charge is 0.418 e. The fourth-order valence-corrected chi connectivity index (χ4v) is 3.38. The molecule has 0 amide bonds. The van der Waals surface area contributed by atoms with Crippen LogP contribution in [0.25, 0.3) is 22.4 Å². The minimum atomic E-state index is -4.52. The number of alkyl halides is 3. The van der Waals surface area contributed by atoms with E-state index in [4.69, 9.17) is 0 Å². The van der Waals surface area contributed by atoms with Gasteiger partial charge in [0.15, 0.2) is 5.65 Å². The van der Waals surface area contributed by atoms with Crippen molar-refractivity contribution in [1.29, 1.82) is 0 Å². The number of rotatable bonds is 3. The van der Waals surface area contributed by atoms with Gasteiger partial charge in [0.25, 0.3) is 0 Å². The van der Waals surface area contributed by atoms with Gasteiger partial charge in [-0.2, -0.15) is 18.3 Å². The summed E-state index contributed by atoms with van der Waals surface area (Å²) in [6.07, 6.45) is -2.02. The molecule has 0 saturated carbocycles. The molecule has 1 aliphatic heterocycles. The number of piperazine rings is 1. The lowest BCUT2D eigenvalue weighted by atomic mass is 10.1. The van der Waals surface area contributed by atoms with Crippen molar-refractivity contribution in [1.82, 2.24) is 25.5 Å². The molecule has 1 atom stereocenters. The maximum absolute atomic E-state index is 13.6. The van der Waals surface area contributed by atoms with Gasteiger partial charge < -0.3 is 10.2 Å². The number of hydrogen-bond acceptors (Lipinski definition) is 5. The van der Waals surface area contributed by atoms with Crippen LogP contribution in [0.15, 0.2) is 30.5 Å². The average Bonchev–Trinajstić information content (AvgIpc) is 3.11. The predicted octanol–water partition coefficient (Wildman–Crippen LogP) is 3.23. The fourth-order valence-electron chi connectivity index (χ4n) is 3.38. The molecule has 1 saturated heterocycles. The number of anilines is 1. The van der Waals surface area contributed by atoms with Gasteiger partial charge in [0.05, 0.1) is 11.3 Å². The van der Waals surface area contributed by atoms with Gasteiger partial charge in [0, 0.05) is 37.3 Å². The number of nitrogens with zero attached hydrogens (tertiary/aromatic N) is 4. The molecule has 1 aliphatic rings. The van der Waals surface area contributed by atoms with Crippen molar-refractivity contribution in [2.75, 3.05) is 24.5 Å². The fraction of sp³-hybridized carbons (Fsp3) is 0.389. The lowest BCUT2D eigenvalue weighted by molar-refractivity contribution is -0.137. The molecule has 1 fully saturated rings. The first-order valence-electron chi connectivity index (χ1n) is 8.83. The molecule has 0 bridgehead atoms. The van der Waals surface area contributed by atoms with E-state index in [0.717, 1.165) is 19.0 Å². The van der Waals surface area contributed by atoms with Crippen molar-refractivity contribution in [3.63, 3.8) is 0 Å². The summed E-state index contributed by atoms with van der Waals surface area (Å²) in [7, 11) is 0. The van der Waals surface area contributed by atoms with E-state index >= 15 is 0 Å². The van der Waals surface area contributed by atoms with Crippen LogP contribution in [0.5, 0.6) is 0 Å². The molecule has 6 nitrogen and oxygen atoms in total. The molecule has 0 spiro atoms. The van der Waals surface area contributed by atoms with Crippen LogP contribution >= 0.6 is 0 Å². The van der Waals surface area contributed by atoms with Crippen LogP contribution in [0, 0.1) is 0 Å². The Morgan fingerprint density at radius 2 is 2.11 bits per heavy atom. The zero-order valence-electron chi connectivity index (χ0n) is 14.7. The normalized spacial score (nSPS) is 18.2. The molecule has 9 heteroatoms. The van der Waals surface area contributed by atoms with E-state index in [9.17, 15) is 13.2 Å². The Kier molecular flexibility index (Phi) is 4.47. The Morgan fingerprint density at radius 1 is 1.26 bits per heavy atom. The third-order valence-electron chi connectivity index (χ3n) is 4.82. The van der Waals surface area contributed by atoms with Gasteiger partial charge in [-0.3, -0.25) is 5.10 Å². The Hall–Kier alpha value is -2.68. The molecule has 0 aromatic carbocycles. The van der Waals surface area contributed by atoms with E-state index in [-0.39, 0.29) is 11.4 Å². The van der Waals surface area contributed by atoms with Crippen molar-refractivity contribution in [2.45, 2.75) is 25.6 Å². The SMILES string of the molecule is CCC1CN(c2ccc(C(F)(F)F)c(-c3[nH]nc4ncccc34)n2)CCN1. The highest BCUT2D eigenvalue weighted by atomic mass is 19.4. The van der Waals surface area contributed by atoms with Gasteiger partial charge in [0.2, 0.25) is 0 Å². The van der Waals surface area contributed by atoms with Gasteiger partial charge in [-0.25, -0.2) is 9.97 Å². The van der Waals surface area contributed by atoms with Crippen LogP contribution in [0.3, 0.4) is 0 Å². The highest BCUT2D eigenvalue weighted by Crippen LogP contribution is 2.38. The van der Waals surface area contributed by atoms with E-state index in [2.05, 4.69) is 32.4 Å². The van der Waals surface area contributed by atoms with Crippen molar-refractivity contribution in [3.05, 3.63) is 36.0 Å². The van der Waals surface area contributed by atoms with E-state index in [1.165, 1.54) is 6.07 Å². The minimum absolute atomic E-state index is 0.151. The average molecular weight is 376 g/mol. The van der Waals surface area contributed by atoms with E-state index in [1.807, 2.05) is 4.90 Å². The van der Waals surface area contributed by atoms with Crippen LogP contribution in [0.4, 0.5) is 19.0 Å². The molecule has 27 heavy (non-hydrogen) atoms. The quantitative estimate of drug-likeness (QED) is 0.735. The smallest absolute Gasteiger partial charge is 0.354 e. The molecule has 4 rings (SSSR count). The third-order valence-corrected chi connectivity index (χ3v) is 4.82. The predicted molar refractivity (Wildman–Crippen MR) is 96.4 cm³/mol. The molecular formula is C18H19F3N6. The number of aromatic nitrogens is 4. The monoisotopic (exact) mass is 376 g/mol. The number of hydrogen-bond donors (Lipinski definition) is 2. The molecule has 1 unspecified atom stereocenters. The van der Waals surface area contributed by atoms with Crippen molar-refractivity contribution in [3.8, 4) is 11.4 Å². The Labute approximate surface area is 153 Å². The van der Waals surface area contributed by atoms with Gasteiger partial charge in [-0.15, -0.1) is 0 Å². The first kappa shape index (κ1) is 17.7. The standard InChI is InChI=1S/C18H19F3N6/c1-2-11-10-27(9-8-22-11)14-6-5-13(18(19,20)21)16(24-14)15-12-4-3-7-23-17(12)26-25-15/h3-7,11,22H,2,8-10H2,1H3,(H,23,25,26). The summed E-state index contributed by atoms with van der Waals surface area (Å²) in [4.78, 5) is 10.5. The van der Waals surface area contributed by atoms with Gasteiger partial charge >= 0.3 is 6.18 Å². The summed E-state index contributed by atoms with van der Waals surface area (Å²) >= 11 is 0. The number of H-pyrrole nitrogens is 1. The van der Waals surface area contributed by atoms with Gasteiger partial charge in [-0.05, 0) is 30.7 Å². The summed E-state index contributed by atoms with van der Waals surface area (Å²) < 4.78 is 40.9. The minimum Gasteiger partial charge on any atom is -0.354 e. The van der Waals surface area contributed by atoms with Crippen LogP contribution in [-0.4, -0.2) is 45.8 Å². The molecular weight excluding hydrogens is 357 g/mol. The molecule has 4 heterocycles. The number of pyridine rings is 2. The molecule has 2 N–H and O–H groups in total. The Bertz CT molecular complexity index is 952. The van der Waals surface area contributed by atoms with E-state index < -0.39 is 11.7 Å². The molecule has 0 radical (unpaired) electrons. The Morgan fingerprint density at radius 3 is 2.89 bits per heavy atom. The lowest BCUT2D eigenvalue weighted by Gasteiger charge is -2.34. The first-order valence-corrected chi connectivity index (χ1v) is 8.83. The summed E-state index contributed by atoms with van der Waals surface area (Å²) in [6, 6.07) is 6.20. The van der Waals surface area contributed by atoms with Gasteiger partial charge in [-0.1, -0.05) is 6.92 Å². The third kappa shape index (κ3) is 3.34. The number of halogens is 3. The second kappa shape index (κ2) is 6.80. The summed E-state index contributed by atoms with van der Waals surface area (Å²) in [6.45, 7) is 4.25. The Balaban J connectivity index is 1.83. The van der Waals surface area contributed by atoms with Crippen LogP contribution in [-0.2, 0) is 6.18 Å². The number of fused-ring (bicyclic) bond motifs is 1. The number of aromatic amines is 1. The topological polar surface area (TPSA) is 69.7 Å². The molecule has 0 aliphatic carbocycles. The summed E-state index contributed by atoms with van der Waals surface area (Å²) in [5.41, 5.74) is -0.347.